The molecule has 7 nitrogen and oxygen atoms in total. The van der Waals surface area contributed by atoms with Gasteiger partial charge in [-0.3, -0.25) is 9.59 Å². The van der Waals surface area contributed by atoms with Crippen LogP contribution in [0.2, 0.25) is 0 Å². The lowest BCUT2D eigenvalue weighted by molar-refractivity contribution is 0.0979. The zero-order valence-electron chi connectivity index (χ0n) is 15.7. The first-order valence-corrected chi connectivity index (χ1v) is 12.2. The van der Waals surface area contributed by atoms with E-state index in [4.69, 9.17) is 21.2 Å². The predicted molar refractivity (Wildman–Crippen MR) is 122 cm³/mol. The Bertz CT molecular complexity index is 1360. The quantitative estimate of drug-likeness (QED) is 0.294. The van der Waals surface area contributed by atoms with Crippen LogP contribution in [0.4, 0.5) is 17.1 Å². The number of ketones is 2. The zero-order valence-corrected chi connectivity index (χ0v) is 18.8. The maximum Gasteiger partial charge on any atom is 0.267 e. The summed E-state index contributed by atoms with van der Waals surface area (Å²) in [6.07, 6.45) is 0. The van der Waals surface area contributed by atoms with Crippen LogP contribution in [0, 0.1) is 0 Å². The lowest BCUT2D eigenvalue weighted by atomic mass is 9.83. The number of nitrogens with one attached hydrogen (secondary N) is 1. The van der Waals surface area contributed by atoms with Crippen LogP contribution >= 0.6 is 26.6 Å². The Morgan fingerprint density at radius 3 is 2.23 bits per heavy atom. The van der Waals surface area contributed by atoms with Crippen molar-refractivity contribution < 1.29 is 22.7 Å². The molecule has 0 spiro atoms. The SMILES string of the molecule is Nc1c(OCS(=O)(=O)Cl)ccc(Nc2cccc3c2C(=O)c2ccccc2C3=O)c1Br. The molecule has 0 saturated carbocycles. The van der Waals surface area contributed by atoms with E-state index < -0.39 is 15.0 Å². The van der Waals surface area contributed by atoms with Gasteiger partial charge in [-0.1, -0.05) is 36.4 Å². The molecular formula is C21H14BrClN2O5S. The maximum absolute atomic E-state index is 13.1. The van der Waals surface area contributed by atoms with Crippen LogP contribution in [-0.4, -0.2) is 25.9 Å². The summed E-state index contributed by atoms with van der Waals surface area (Å²) >= 11 is 3.36. The van der Waals surface area contributed by atoms with Gasteiger partial charge < -0.3 is 15.8 Å². The van der Waals surface area contributed by atoms with Crippen LogP contribution in [-0.2, 0) is 9.05 Å². The molecule has 0 heterocycles. The molecule has 0 atom stereocenters. The van der Waals surface area contributed by atoms with E-state index in [0.29, 0.717) is 32.5 Å². The van der Waals surface area contributed by atoms with Gasteiger partial charge in [-0.25, -0.2) is 8.42 Å². The molecule has 4 rings (SSSR count). The highest BCUT2D eigenvalue weighted by Crippen LogP contribution is 2.39. The van der Waals surface area contributed by atoms with E-state index in [9.17, 15) is 18.0 Å². The van der Waals surface area contributed by atoms with Gasteiger partial charge in [0.25, 0.3) is 9.05 Å². The molecule has 1 aliphatic rings. The molecule has 0 aromatic heterocycles. The second kappa shape index (κ2) is 7.99. The largest absolute Gasteiger partial charge is 0.474 e. The number of nitrogen functional groups attached to an aromatic ring is 1. The Labute approximate surface area is 190 Å². The summed E-state index contributed by atoms with van der Waals surface area (Å²) in [4.78, 5) is 26.0. The molecule has 0 unspecified atom stereocenters. The third kappa shape index (κ3) is 4.04. The number of hydrogen-bond acceptors (Lipinski definition) is 7. The number of carbonyl (C=O) groups excluding carboxylic acids is 2. The molecule has 0 bridgehead atoms. The maximum atomic E-state index is 13.1. The Morgan fingerprint density at radius 1 is 0.903 bits per heavy atom. The van der Waals surface area contributed by atoms with E-state index in [-0.39, 0.29) is 28.6 Å². The third-order valence-corrected chi connectivity index (χ3v) is 6.24. The first-order chi connectivity index (χ1) is 14.7. The van der Waals surface area contributed by atoms with Gasteiger partial charge >= 0.3 is 0 Å². The van der Waals surface area contributed by atoms with Gasteiger partial charge in [0.05, 0.1) is 27.1 Å². The van der Waals surface area contributed by atoms with Crippen molar-refractivity contribution in [3.8, 4) is 5.75 Å². The number of rotatable bonds is 5. The molecule has 31 heavy (non-hydrogen) atoms. The van der Waals surface area contributed by atoms with Crippen LogP contribution in [0.25, 0.3) is 0 Å². The minimum atomic E-state index is -3.86. The number of anilines is 3. The molecule has 3 aromatic rings. The van der Waals surface area contributed by atoms with Gasteiger partial charge in [0.15, 0.2) is 11.6 Å². The Morgan fingerprint density at radius 2 is 1.55 bits per heavy atom. The highest BCUT2D eigenvalue weighted by molar-refractivity contribution is 9.10. The molecule has 3 aromatic carbocycles. The van der Waals surface area contributed by atoms with E-state index in [2.05, 4.69) is 21.2 Å². The summed E-state index contributed by atoms with van der Waals surface area (Å²) in [5, 5.41) is 3.12. The number of fused-ring (bicyclic) bond motifs is 2. The van der Waals surface area contributed by atoms with E-state index in [0.717, 1.165) is 0 Å². The van der Waals surface area contributed by atoms with Crippen molar-refractivity contribution in [2.24, 2.45) is 0 Å². The van der Waals surface area contributed by atoms with Gasteiger partial charge in [0.1, 0.15) is 5.75 Å². The van der Waals surface area contributed by atoms with Crippen LogP contribution in [0.15, 0.2) is 59.1 Å². The molecular weight excluding hydrogens is 508 g/mol. The second-order valence-corrected chi connectivity index (χ2v) is 10.2. The summed E-state index contributed by atoms with van der Waals surface area (Å²) in [5.74, 6) is -1.10. The van der Waals surface area contributed by atoms with E-state index in [1.165, 1.54) is 6.07 Å². The fraction of sp³-hybridized carbons (Fsp3) is 0.0476. The van der Waals surface area contributed by atoms with Gasteiger partial charge in [0.2, 0.25) is 5.94 Å². The summed E-state index contributed by atoms with van der Waals surface area (Å²) in [6.45, 7) is 0. The zero-order chi connectivity index (χ0) is 22.3. The number of benzene rings is 3. The van der Waals surface area contributed by atoms with Crippen molar-refractivity contribution in [3.05, 3.63) is 81.3 Å². The van der Waals surface area contributed by atoms with Crippen LogP contribution in [0.5, 0.6) is 5.75 Å². The molecule has 1 aliphatic carbocycles. The van der Waals surface area contributed by atoms with Crippen molar-refractivity contribution in [3.63, 3.8) is 0 Å². The predicted octanol–water partition coefficient (Wildman–Crippen LogP) is 4.46. The number of ether oxygens (including phenoxy) is 1. The van der Waals surface area contributed by atoms with Crippen LogP contribution in [0.3, 0.4) is 0 Å². The Balaban J connectivity index is 1.71. The van der Waals surface area contributed by atoms with Crippen molar-refractivity contribution in [2.75, 3.05) is 17.0 Å². The minimum absolute atomic E-state index is 0.122. The average molecular weight is 522 g/mol. The van der Waals surface area contributed by atoms with Crippen molar-refractivity contribution in [2.45, 2.75) is 0 Å². The topological polar surface area (TPSA) is 116 Å². The van der Waals surface area contributed by atoms with Crippen molar-refractivity contribution >= 4 is 64.3 Å². The number of halogens is 2. The fourth-order valence-electron chi connectivity index (χ4n) is 3.33. The lowest BCUT2D eigenvalue weighted by Crippen LogP contribution is -2.22. The van der Waals surface area contributed by atoms with Gasteiger partial charge in [-0.2, -0.15) is 0 Å². The summed E-state index contributed by atoms with van der Waals surface area (Å²) in [5.41, 5.74) is 8.41. The van der Waals surface area contributed by atoms with Gasteiger partial charge in [-0.05, 0) is 34.1 Å². The normalized spacial score (nSPS) is 12.8. The van der Waals surface area contributed by atoms with Gasteiger partial charge in [0, 0.05) is 27.4 Å². The molecule has 10 heteroatoms. The first kappa shape index (κ1) is 21.4. The monoisotopic (exact) mass is 520 g/mol. The minimum Gasteiger partial charge on any atom is -0.474 e. The average Bonchev–Trinajstić information content (AvgIpc) is 2.74. The molecule has 0 radical (unpaired) electrons. The number of nitrogens with two attached hydrogens (primary N) is 1. The molecule has 0 aliphatic heterocycles. The third-order valence-electron chi connectivity index (χ3n) is 4.72. The Hall–Kier alpha value is -2.88. The highest BCUT2D eigenvalue weighted by atomic mass is 79.9. The number of hydrogen-bond donors (Lipinski definition) is 2. The van der Waals surface area contributed by atoms with E-state index >= 15 is 0 Å². The molecule has 3 N–H and O–H groups in total. The van der Waals surface area contributed by atoms with E-state index in [1.54, 1.807) is 48.5 Å². The van der Waals surface area contributed by atoms with Crippen molar-refractivity contribution in [1.82, 2.24) is 0 Å². The summed E-state index contributed by atoms with van der Waals surface area (Å²) in [7, 11) is 1.30. The summed E-state index contributed by atoms with van der Waals surface area (Å²) < 4.78 is 27.8. The standard InChI is InChI=1S/C21H14BrClN2O5S/c22-18-15(8-9-16(19(18)24)30-10-31(23,28)29)25-14-7-3-6-13-17(14)21(27)12-5-2-1-4-11(12)20(13)26/h1-9,25H,10,24H2. The second-order valence-electron chi connectivity index (χ2n) is 6.70. The van der Waals surface area contributed by atoms with E-state index in [1.807, 2.05) is 0 Å². The summed E-state index contributed by atoms with van der Waals surface area (Å²) in [6, 6.07) is 14.7. The molecule has 0 saturated heterocycles. The van der Waals surface area contributed by atoms with Crippen LogP contribution in [0.1, 0.15) is 31.8 Å². The smallest absolute Gasteiger partial charge is 0.267 e. The fourth-order valence-corrected chi connectivity index (χ4v) is 4.15. The highest BCUT2D eigenvalue weighted by Gasteiger charge is 2.31. The molecule has 0 fully saturated rings. The molecule has 158 valence electrons. The van der Waals surface area contributed by atoms with Crippen LogP contribution < -0.4 is 15.8 Å². The molecule has 0 amide bonds. The van der Waals surface area contributed by atoms with Crippen molar-refractivity contribution in [1.29, 1.82) is 0 Å². The lowest BCUT2D eigenvalue weighted by Gasteiger charge is -2.21. The number of carbonyl (C=O) groups is 2. The van der Waals surface area contributed by atoms with Gasteiger partial charge in [-0.15, -0.1) is 0 Å². The first-order valence-electron chi connectivity index (χ1n) is 8.89. The Kier molecular flexibility index (Phi) is 5.50.